The van der Waals surface area contributed by atoms with Gasteiger partial charge in [0.05, 0.1) is 11.3 Å². The first kappa shape index (κ1) is 11.0. The molecule has 0 saturated carbocycles. The van der Waals surface area contributed by atoms with Gasteiger partial charge in [0.1, 0.15) is 10.7 Å². The van der Waals surface area contributed by atoms with Crippen LogP contribution in [0.3, 0.4) is 0 Å². The Bertz CT molecular complexity index is 715. The quantitative estimate of drug-likeness (QED) is 0.732. The van der Waals surface area contributed by atoms with Crippen molar-refractivity contribution in [2.45, 2.75) is 5.88 Å². The zero-order valence-corrected chi connectivity index (χ0v) is 11.0. The highest BCUT2D eigenvalue weighted by atomic mass is 35.5. The lowest BCUT2D eigenvalue weighted by Gasteiger charge is -1.96. The monoisotopic (exact) mass is 282 g/mol. The molecule has 3 heterocycles. The Kier molecular flexibility index (Phi) is 2.74. The number of nitrogens with zero attached hydrogens (tertiary/aromatic N) is 1. The molecule has 3 aromatic heterocycles. The van der Waals surface area contributed by atoms with E-state index in [1.807, 2.05) is 22.9 Å². The molecule has 0 aromatic carbocycles. The molecule has 0 aliphatic rings. The van der Waals surface area contributed by atoms with Crippen LogP contribution in [0.25, 0.3) is 20.7 Å². The number of H-pyrrole nitrogens is 1. The molecule has 6 heteroatoms. The molecule has 0 radical (unpaired) electrons. The standard InChI is InChI=1S/C11H7ClN2OS2/c12-4-8-13-10(15)9-6(5-17-11(9)14-8)7-2-1-3-16-7/h1-3,5H,4H2,(H,13,14,15). The summed E-state index contributed by atoms with van der Waals surface area (Å²) in [7, 11) is 0. The third kappa shape index (κ3) is 1.80. The fraction of sp³-hybridized carbons (Fsp3) is 0.0909. The summed E-state index contributed by atoms with van der Waals surface area (Å²) >= 11 is 8.77. The van der Waals surface area contributed by atoms with Crippen molar-refractivity contribution in [3.05, 3.63) is 39.1 Å². The van der Waals surface area contributed by atoms with E-state index in [2.05, 4.69) is 9.97 Å². The Morgan fingerprint density at radius 3 is 3.00 bits per heavy atom. The lowest BCUT2D eigenvalue weighted by molar-refractivity contribution is 1.04. The molecular formula is C11H7ClN2OS2. The number of aromatic amines is 1. The molecule has 1 N–H and O–H groups in total. The maximum atomic E-state index is 12.0. The van der Waals surface area contributed by atoms with E-state index in [1.165, 1.54) is 11.3 Å². The van der Waals surface area contributed by atoms with Crippen molar-refractivity contribution in [2.24, 2.45) is 0 Å². The Labute approximate surface area is 110 Å². The number of nitrogens with one attached hydrogen (secondary N) is 1. The summed E-state index contributed by atoms with van der Waals surface area (Å²) in [6.45, 7) is 0. The van der Waals surface area contributed by atoms with Crippen LogP contribution in [0, 0.1) is 0 Å². The van der Waals surface area contributed by atoms with E-state index in [1.54, 1.807) is 11.3 Å². The SMILES string of the molecule is O=c1[nH]c(CCl)nc2scc(-c3cccs3)c12. The molecule has 3 aromatic rings. The van der Waals surface area contributed by atoms with Crippen molar-refractivity contribution < 1.29 is 0 Å². The van der Waals surface area contributed by atoms with Gasteiger partial charge in [-0.1, -0.05) is 6.07 Å². The normalized spacial score (nSPS) is 11.1. The molecule has 3 rings (SSSR count). The minimum atomic E-state index is -0.115. The van der Waals surface area contributed by atoms with E-state index in [-0.39, 0.29) is 11.4 Å². The summed E-state index contributed by atoms with van der Waals surface area (Å²) in [6, 6.07) is 3.97. The van der Waals surface area contributed by atoms with Crippen LogP contribution in [0.15, 0.2) is 27.7 Å². The number of fused-ring (bicyclic) bond motifs is 1. The van der Waals surface area contributed by atoms with E-state index in [0.717, 1.165) is 15.3 Å². The Morgan fingerprint density at radius 2 is 2.29 bits per heavy atom. The second-order valence-corrected chi connectivity index (χ2v) is 5.53. The van der Waals surface area contributed by atoms with E-state index < -0.39 is 0 Å². The summed E-state index contributed by atoms with van der Waals surface area (Å²) in [4.78, 5) is 20.8. The van der Waals surface area contributed by atoms with Crippen LogP contribution >= 0.6 is 34.3 Å². The van der Waals surface area contributed by atoms with Crippen LogP contribution in [-0.4, -0.2) is 9.97 Å². The first-order valence-corrected chi connectivity index (χ1v) is 7.19. The molecular weight excluding hydrogens is 276 g/mol. The molecule has 0 bridgehead atoms. The fourth-order valence-electron chi connectivity index (χ4n) is 1.67. The molecule has 0 unspecified atom stereocenters. The molecule has 3 nitrogen and oxygen atoms in total. The highest BCUT2D eigenvalue weighted by Gasteiger charge is 2.12. The fourth-order valence-corrected chi connectivity index (χ4v) is 3.58. The van der Waals surface area contributed by atoms with Crippen molar-refractivity contribution in [1.82, 2.24) is 9.97 Å². The summed E-state index contributed by atoms with van der Waals surface area (Å²) in [6.07, 6.45) is 0. The highest BCUT2D eigenvalue weighted by molar-refractivity contribution is 7.18. The molecule has 0 fully saturated rings. The van der Waals surface area contributed by atoms with Crippen molar-refractivity contribution in [3.8, 4) is 10.4 Å². The summed E-state index contributed by atoms with van der Waals surface area (Å²) in [5.41, 5.74) is 0.838. The van der Waals surface area contributed by atoms with Gasteiger partial charge < -0.3 is 4.98 Å². The van der Waals surface area contributed by atoms with Crippen LogP contribution in [-0.2, 0) is 5.88 Å². The Hall–Kier alpha value is -1.17. The maximum Gasteiger partial charge on any atom is 0.260 e. The van der Waals surface area contributed by atoms with E-state index >= 15 is 0 Å². The third-order valence-electron chi connectivity index (χ3n) is 2.41. The number of alkyl halides is 1. The third-order valence-corrected chi connectivity index (χ3v) is 4.43. The van der Waals surface area contributed by atoms with Crippen molar-refractivity contribution in [1.29, 1.82) is 0 Å². The average molecular weight is 283 g/mol. The zero-order chi connectivity index (χ0) is 11.8. The Morgan fingerprint density at radius 1 is 1.41 bits per heavy atom. The van der Waals surface area contributed by atoms with Crippen LogP contribution < -0.4 is 5.56 Å². The zero-order valence-electron chi connectivity index (χ0n) is 8.57. The second kappa shape index (κ2) is 4.25. The van der Waals surface area contributed by atoms with E-state index in [9.17, 15) is 4.79 Å². The highest BCUT2D eigenvalue weighted by Crippen LogP contribution is 2.33. The van der Waals surface area contributed by atoms with Gasteiger partial charge in [-0.05, 0) is 11.4 Å². The average Bonchev–Trinajstić information content (AvgIpc) is 2.96. The van der Waals surface area contributed by atoms with Gasteiger partial charge in [-0.2, -0.15) is 0 Å². The number of halogens is 1. The van der Waals surface area contributed by atoms with Crippen LogP contribution in [0.4, 0.5) is 0 Å². The van der Waals surface area contributed by atoms with Gasteiger partial charge in [-0.25, -0.2) is 4.98 Å². The topological polar surface area (TPSA) is 45.8 Å². The lowest BCUT2D eigenvalue weighted by atomic mass is 10.2. The first-order valence-electron chi connectivity index (χ1n) is 4.90. The van der Waals surface area contributed by atoms with E-state index in [4.69, 9.17) is 11.6 Å². The molecule has 0 atom stereocenters. The number of rotatable bonds is 2. The number of aromatic nitrogens is 2. The number of hydrogen-bond acceptors (Lipinski definition) is 4. The minimum absolute atomic E-state index is 0.115. The van der Waals surface area contributed by atoms with Crippen molar-refractivity contribution in [2.75, 3.05) is 0 Å². The smallest absolute Gasteiger partial charge is 0.260 e. The molecule has 17 heavy (non-hydrogen) atoms. The molecule has 0 saturated heterocycles. The van der Waals surface area contributed by atoms with Gasteiger partial charge in [0.25, 0.3) is 5.56 Å². The van der Waals surface area contributed by atoms with Crippen LogP contribution in [0.1, 0.15) is 5.82 Å². The summed E-state index contributed by atoms with van der Waals surface area (Å²) < 4.78 is 0. The summed E-state index contributed by atoms with van der Waals surface area (Å²) in [5, 5.41) is 4.62. The summed E-state index contributed by atoms with van der Waals surface area (Å²) in [5.74, 6) is 0.737. The van der Waals surface area contributed by atoms with Gasteiger partial charge >= 0.3 is 0 Å². The molecule has 0 amide bonds. The maximum absolute atomic E-state index is 12.0. The first-order chi connectivity index (χ1) is 8.29. The second-order valence-electron chi connectivity index (χ2n) is 3.45. The lowest BCUT2D eigenvalue weighted by Crippen LogP contribution is -2.10. The van der Waals surface area contributed by atoms with Crippen LogP contribution in [0.5, 0.6) is 0 Å². The van der Waals surface area contributed by atoms with E-state index in [0.29, 0.717) is 11.2 Å². The largest absolute Gasteiger partial charge is 0.309 e. The molecule has 86 valence electrons. The van der Waals surface area contributed by atoms with Gasteiger partial charge in [0.2, 0.25) is 0 Å². The molecule has 0 spiro atoms. The Balaban J connectivity index is 2.33. The molecule has 0 aliphatic carbocycles. The minimum Gasteiger partial charge on any atom is -0.309 e. The van der Waals surface area contributed by atoms with Gasteiger partial charge in [0, 0.05) is 15.8 Å². The molecule has 0 aliphatic heterocycles. The predicted molar refractivity (Wildman–Crippen MR) is 73.1 cm³/mol. The van der Waals surface area contributed by atoms with Gasteiger partial charge in [-0.15, -0.1) is 34.3 Å². The van der Waals surface area contributed by atoms with Crippen molar-refractivity contribution in [3.63, 3.8) is 0 Å². The van der Waals surface area contributed by atoms with Gasteiger partial charge in [-0.3, -0.25) is 4.79 Å². The van der Waals surface area contributed by atoms with Crippen molar-refractivity contribution >= 4 is 44.5 Å². The number of hydrogen-bond donors (Lipinski definition) is 1. The predicted octanol–water partition coefficient (Wildman–Crippen LogP) is 3.45. The number of thiophene rings is 2. The van der Waals surface area contributed by atoms with Gasteiger partial charge in [0.15, 0.2) is 0 Å². The van der Waals surface area contributed by atoms with Crippen LogP contribution in [0.2, 0.25) is 0 Å².